The van der Waals surface area contributed by atoms with Crippen molar-refractivity contribution in [1.29, 1.82) is 0 Å². The fourth-order valence-electron chi connectivity index (χ4n) is 6.58. The molecule has 0 unspecified atom stereocenters. The number of halogens is 2. The van der Waals surface area contributed by atoms with Gasteiger partial charge in [-0.25, -0.2) is 18.6 Å². The van der Waals surface area contributed by atoms with Crippen molar-refractivity contribution in [1.82, 2.24) is 35.1 Å². The van der Waals surface area contributed by atoms with Crippen molar-refractivity contribution < 1.29 is 27.8 Å². The molecule has 48 heavy (non-hydrogen) atoms. The van der Waals surface area contributed by atoms with E-state index in [4.69, 9.17) is 19.4 Å². The highest BCUT2D eigenvalue weighted by Gasteiger charge is 2.29. The fourth-order valence-corrected chi connectivity index (χ4v) is 6.58. The van der Waals surface area contributed by atoms with Gasteiger partial charge in [0.05, 0.1) is 30.8 Å². The quantitative estimate of drug-likeness (QED) is 0.306. The van der Waals surface area contributed by atoms with E-state index in [-0.39, 0.29) is 36.4 Å². The Bertz CT molecular complexity index is 1580. The smallest absolute Gasteiger partial charge is 0.407 e. The molecule has 260 valence electrons. The number of amides is 2. The van der Waals surface area contributed by atoms with Gasteiger partial charge in [0, 0.05) is 50.4 Å². The number of alkyl carbamates (subject to hydrolysis) is 1. The van der Waals surface area contributed by atoms with Crippen LogP contribution in [-0.4, -0.2) is 106 Å². The zero-order chi connectivity index (χ0) is 33.8. The lowest BCUT2D eigenvalue weighted by atomic mass is 9.91. The number of imidazole rings is 1. The summed E-state index contributed by atoms with van der Waals surface area (Å²) >= 11 is 0. The molecule has 6 rings (SSSR count). The Hall–Kier alpha value is -4.11. The first kappa shape index (κ1) is 33.8. The summed E-state index contributed by atoms with van der Waals surface area (Å²) in [6.07, 6.45) is 0.735. The number of anilines is 2. The van der Waals surface area contributed by atoms with Gasteiger partial charge in [-0.15, -0.1) is 0 Å². The second-order valence-electron chi connectivity index (χ2n) is 13.7. The summed E-state index contributed by atoms with van der Waals surface area (Å²) in [6, 6.07) is 8.85. The molecule has 13 nitrogen and oxygen atoms in total. The Morgan fingerprint density at radius 2 is 1.69 bits per heavy atom. The molecule has 15 heteroatoms. The van der Waals surface area contributed by atoms with E-state index < -0.39 is 18.1 Å². The summed E-state index contributed by atoms with van der Waals surface area (Å²) in [5.41, 5.74) is 0.457. The second-order valence-corrected chi connectivity index (χ2v) is 13.7. The van der Waals surface area contributed by atoms with E-state index in [1.54, 1.807) is 30.3 Å². The Labute approximate surface area is 278 Å². The van der Waals surface area contributed by atoms with Crippen LogP contribution in [0.25, 0.3) is 16.9 Å². The van der Waals surface area contributed by atoms with Crippen molar-refractivity contribution in [2.75, 3.05) is 56.2 Å². The highest BCUT2D eigenvalue weighted by atomic mass is 19.3. The van der Waals surface area contributed by atoms with Gasteiger partial charge in [0.2, 0.25) is 11.9 Å². The molecule has 4 heterocycles. The number of nitrogens with zero attached hydrogens (tertiary/aromatic N) is 6. The van der Waals surface area contributed by atoms with Gasteiger partial charge in [0.25, 0.3) is 6.43 Å². The van der Waals surface area contributed by atoms with Crippen LogP contribution in [0.1, 0.15) is 65.1 Å². The highest BCUT2D eigenvalue weighted by molar-refractivity contribution is 5.79. The molecule has 0 spiro atoms. The largest absolute Gasteiger partial charge is 0.444 e. The Kier molecular flexibility index (Phi) is 10.2. The molecule has 3 aromatic rings. The van der Waals surface area contributed by atoms with Crippen LogP contribution >= 0.6 is 0 Å². The van der Waals surface area contributed by atoms with Gasteiger partial charge in [-0.05, 0) is 65.0 Å². The Balaban J connectivity index is 1.07. The zero-order valence-electron chi connectivity index (χ0n) is 27.8. The summed E-state index contributed by atoms with van der Waals surface area (Å²) in [5.74, 6) is 0.929. The molecule has 1 atom stereocenters. The van der Waals surface area contributed by atoms with Crippen LogP contribution in [0.4, 0.5) is 25.3 Å². The molecule has 0 radical (unpaired) electrons. The molecular weight excluding hydrogens is 624 g/mol. The summed E-state index contributed by atoms with van der Waals surface area (Å²) in [6.45, 7) is 9.34. The number of morpholine rings is 1. The number of ether oxygens (including phenoxy) is 2. The predicted molar refractivity (Wildman–Crippen MR) is 177 cm³/mol. The van der Waals surface area contributed by atoms with Gasteiger partial charge < -0.3 is 30.3 Å². The van der Waals surface area contributed by atoms with Crippen molar-refractivity contribution in [3.8, 4) is 5.82 Å². The third kappa shape index (κ3) is 8.48. The minimum atomic E-state index is -2.79. The molecule has 2 saturated heterocycles. The third-order valence-electron chi connectivity index (χ3n) is 8.81. The first-order chi connectivity index (χ1) is 23.0. The maximum absolute atomic E-state index is 14.2. The monoisotopic (exact) mass is 669 g/mol. The van der Waals surface area contributed by atoms with Crippen LogP contribution in [0.15, 0.2) is 30.3 Å². The number of nitrogens with one attached hydrogen (secondary N) is 3. The van der Waals surface area contributed by atoms with Crippen molar-refractivity contribution in [2.24, 2.45) is 0 Å². The lowest BCUT2D eigenvalue weighted by Crippen LogP contribution is -2.45. The number of hydrogen-bond acceptors (Lipinski definition) is 10. The number of hydrogen-bond donors (Lipinski definition) is 3. The Morgan fingerprint density at radius 1 is 0.958 bits per heavy atom. The van der Waals surface area contributed by atoms with Crippen LogP contribution in [0.2, 0.25) is 0 Å². The number of carbonyl (C=O) groups excluding carboxylic acids is 2. The summed E-state index contributed by atoms with van der Waals surface area (Å²) in [5, 5.41) is 9.61. The topological polar surface area (TPSA) is 139 Å². The maximum atomic E-state index is 14.2. The average molecular weight is 670 g/mol. The number of rotatable bonds is 9. The minimum Gasteiger partial charge on any atom is -0.444 e. The van der Waals surface area contributed by atoms with Crippen LogP contribution in [0.3, 0.4) is 0 Å². The van der Waals surface area contributed by atoms with Gasteiger partial charge in [0.15, 0.2) is 5.82 Å². The maximum Gasteiger partial charge on any atom is 0.407 e. The summed E-state index contributed by atoms with van der Waals surface area (Å²) in [7, 11) is 0. The first-order valence-corrected chi connectivity index (χ1v) is 16.8. The lowest BCUT2D eigenvalue weighted by Gasteiger charge is -2.31. The van der Waals surface area contributed by atoms with Gasteiger partial charge >= 0.3 is 6.09 Å². The molecule has 2 aliphatic heterocycles. The van der Waals surface area contributed by atoms with Crippen molar-refractivity contribution >= 4 is 34.8 Å². The molecule has 2 aromatic heterocycles. The van der Waals surface area contributed by atoms with E-state index in [0.29, 0.717) is 61.5 Å². The zero-order valence-corrected chi connectivity index (χ0v) is 27.8. The number of alkyl halides is 2. The Morgan fingerprint density at radius 3 is 2.42 bits per heavy atom. The van der Waals surface area contributed by atoms with E-state index in [2.05, 4.69) is 20.9 Å². The molecule has 2 amide bonds. The molecule has 1 saturated carbocycles. The first-order valence-electron chi connectivity index (χ1n) is 16.8. The minimum absolute atomic E-state index is 0.0256. The van der Waals surface area contributed by atoms with Crippen LogP contribution in [-0.2, 0) is 14.3 Å². The van der Waals surface area contributed by atoms with E-state index in [0.717, 1.165) is 38.6 Å². The molecule has 1 aliphatic carbocycles. The molecule has 1 aromatic carbocycles. The van der Waals surface area contributed by atoms with Gasteiger partial charge in [-0.2, -0.15) is 9.97 Å². The number of benzene rings is 1. The van der Waals surface area contributed by atoms with Crippen LogP contribution < -0.4 is 20.9 Å². The number of aromatic nitrogens is 4. The number of para-hydroxylation sites is 2. The van der Waals surface area contributed by atoms with Crippen molar-refractivity contribution in [3.05, 3.63) is 36.2 Å². The fraction of sp³-hybridized carbons (Fsp3) is 0.606. The SMILES string of the molecule is CC(C)(C)OC(=O)N[C@H]1CCN(CC(=O)N[C@H]2CC[C@H](Nc3cc(-n4c(C(F)F)nc5ccccc54)nc(N4CCOCC4)n3)CC2)C1. The number of fused-ring (bicyclic) bond motifs is 1. The standard InChI is InChI=1S/C33H45F2N9O4/c1-33(2,3)48-32(46)38-23-12-13-42(19-23)20-28(45)37-22-10-8-21(9-11-22)36-26-18-27(41-31(40-26)43-14-16-47-17-15-43)44-25-7-5-4-6-24(25)39-30(44)29(34)35/h4-7,18,21-23,29H,8-17,19-20H2,1-3H3,(H,37,45)(H,38,46)(H,36,40,41)/t21-,22-,23-/m0/s1. The summed E-state index contributed by atoms with van der Waals surface area (Å²) in [4.78, 5) is 42.8. The van der Waals surface area contributed by atoms with Gasteiger partial charge in [-0.3, -0.25) is 14.3 Å². The van der Waals surface area contributed by atoms with Crippen molar-refractivity contribution in [2.45, 2.75) is 83.0 Å². The molecule has 0 bridgehead atoms. The molecule has 3 fully saturated rings. The van der Waals surface area contributed by atoms with Crippen LogP contribution in [0.5, 0.6) is 0 Å². The molecule has 3 N–H and O–H groups in total. The van der Waals surface area contributed by atoms with E-state index in [9.17, 15) is 18.4 Å². The van der Waals surface area contributed by atoms with Gasteiger partial charge in [-0.1, -0.05) is 12.1 Å². The number of carbonyl (C=O) groups is 2. The van der Waals surface area contributed by atoms with E-state index in [1.165, 1.54) is 4.57 Å². The van der Waals surface area contributed by atoms with Crippen molar-refractivity contribution in [3.63, 3.8) is 0 Å². The predicted octanol–water partition coefficient (Wildman–Crippen LogP) is 4.03. The highest BCUT2D eigenvalue weighted by Crippen LogP contribution is 2.30. The molecule has 3 aliphatic rings. The third-order valence-corrected chi connectivity index (χ3v) is 8.81. The van der Waals surface area contributed by atoms with Gasteiger partial charge in [0.1, 0.15) is 17.2 Å². The number of likely N-dealkylation sites (tertiary alicyclic amines) is 1. The van der Waals surface area contributed by atoms with E-state index in [1.807, 2.05) is 30.6 Å². The normalized spacial score (nSPS) is 22.2. The van der Waals surface area contributed by atoms with Crippen LogP contribution in [0, 0.1) is 0 Å². The summed E-state index contributed by atoms with van der Waals surface area (Å²) < 4.78 is 40.7. The van der Waals surface area contributed by atoms with E-state index >= 15 is 0 Å². The molecular formula is C33H45F2N9O4. The lowest BCUT2D eigenvalue weighted by molar-refractivity contribution is -0.122. The second kappa shape index (κ2) is 14.6. The average Bonchev–Trinajstić information content (AvgIpc) is 3.65.